The van der Waals surface area contributed by atoms with E-state index in [1.165, 1.54) is 18.7 Å². The molecule has 2 rings (SSSR count). The number of nitrogens with two attached hydrogens (primary N) is 1. The molecule has 2 N–H and O–H groups in total. The van der Waals surface area contributed by atoms with E-state index in [0.29, 0.717) is 11.8 Å². The fourth-order valence-electron chi connectivity index (χ4n) is 2.81. The summed E-state index contributed by atoms with van der Waals surface area (Å²) < 4.78 is 28.7. The zero-order valence-corrected chi connectivity index (χ0v) is 12.1. The van der Waals surface area contributed by atoms with E-state index in [4.69, 9.17) is 9.88 Å². The lowest BCUT2D eigenvalue weighted by molar-refractivity contribution is 0.0937. The van der Waals surface area contributed by atoms with Crippen molar-refractivity contribution in [3.63, 3.8) is 0 Å². The average molecular weight is 284 g/mol. The van der Waals surface area contributed by atoms with Gasteiger partial charge in [-0.3, -0.25) is 0 Å². The topological polar surface area (TPSA) is 82.3 Å². The summed E-state index contributed by atoms with van der Waals surface area (Å²) in [5.41, 5.74) is 0. The van der Waals surface area contributed by atoms with E-state index in [1.54, 1.807) is 6.07 Å². The lowest BCUT2D eigenvalue weighted by Crippen LogP contribution is -2.29. The van der Waals surface area contributed by atoms with Gasteiger partial charge in [0.05, 0.1) is 0 Å². The molecule has 5 nitrogen and oxygen atoms in total. The number of aromatic nitrogens is 1. The van der Waals surface area contributed by atoms with E-state index in [0.717, 1.165) is 12.8 Å². The molecule has 6 heteroatoms. The van der Waals surface area contributed by atoms with Crippen molar-refractivity contribution in [2.45, 2.75) is 44.1 Å². The molecule has 19 heavy (non-hydrogen) atoms. The van der Waals surface area contributed by atoms with Crippen molar-refractivity contribution in [1.29, 1.82) is 0 Å². The van der Waals surface area contributed by atoms with Crippen LogP contribution in [0.4, 0.5) is 0 Å². The number of nitrogens with zero attached hydrogens (tertiary/aromatic N) is 1. The molecule has 1 aliphatic rings. The van der Waals surface area contributed by atoms with Gasteiger partial charge in [-0.2, -0.15) is 0 Å². The van der Waals surface area contributed by atoms with Gasteiger partial charge in [0.1, 0.15) is 11.0 Å². The second-order valence-electron chi connectivity index (χ2n) is 5.51. The van der Waals surface area contributed by atoms with Crippen LogP contribution in [0.5, 0.6) is 5.88 Å². The molecule has 1 heterocycles. The molecule has 2 unspecified atom stereocenters. The minimum Gasteiger partial charge on any atom is -0.473 e. The predicted octanol–water partition coefficient (Wildman–Crippen LogP) is 1.93. The fourth-order valence-corrected chi connectivity index (χ4v) is 3.42. The Morgan fingerprint density at radius 3 is 2.47 bits per heavy atom. The molecular weight excluding hydrogens is 264 g/mol. The van der Waals surface area contributed by atoms with Gasteiger partial charge in [-0.05, 0) is 43.2 Å². The van der Waals surface area contributed by atoms with Crippen LogP contribution in [-0.2, 0) is 10.0 Å². The van der Waals surface area contributed by atoms with E-state index < -0.39 is 10.0 Å². The third-order valence-corrected chi connectivity index (χ3v) is 4.38. The van der Waals surface area contributed by atoms with Gasteiger partial charge >= 0.3 is 0 Å². The Balaban J connectivity index is 2.20. The Morgan fingerprint density at radius 1 is 1.26 bits per heavy atom. The van der Waals surface area contributed by atoms with Crippen LogP contribution in [0.25, 0.3) is 0 Å². The zero-order chi connectivity index (χ0) is 14.0. The van der Waals surface area contributed by atoms with Gasteiger partial charge < -0.3 is 4.74 Å². The number of primary sulfonamides is 1. The number of rotatable bonds is 3. The van der Waals surface area contributed by atoms with Gasteiger partial charge in [-0.15, -0.1) is 0 Å². The molecule has 0 bridgehead atoms. The second kappa shape index (κ2) is 5.46. The highest BCUT2D eigenvalue weighted by Gasteiger charge is 2.27. The summed E-state index contributed by atoms with van der Waals surface area (Å²) in [6.07, 6.45) is 4.55. The summed E-state index contributed by atoms with van der Waals surface area (Å²) in [5, 5.41) is 5.17. The molecule has 0 aromatic carbocycles. The summed E-state index contributed by atoms with van der Waals surface area (Å²) in [5.74, 6) is 1.28. The Bertz CT molecular complexity index is 535. The van der Waals surface area contributed by atoms with Gasteiger partial charge in [-0.25, -0.2) is 18.5 Å². The number of hydrogen-bond donors (Lipinski definition) is 1. The van der Waals surface area contributed by atoms with Gasteiger partial charge in [0.15, 0.2) is 0 Å². The van der Waals surface area contributed by atoms with E-state index in [2.05, 4.69) is 18.8 Å². The highest BCUT2D eigenvalue weighted by Crippen LogP contribution is 2.32. The first-order valence-electron chi connectivity index (χ1n) is 6.50. The first-order chi connectivity index (χ1) is 8.86. The average Bonchev–Trinajstić information content (AvgIpc) is 2.26. The summed E-state index contributed by atoms with van der Waals surface area (Å²) >= 11 is 0. The van der Waals surface area contributed by atoms with Crippen molar-refractivity contribution in [2.24, 2.45) is 17.0 Å². The predicted molar refractivity (Wildman–Crippen MR) is 72.2 cm³/mol. The maximum atomic E-state index is 11.5. The molecule has 1 fully saturated rings. The Labute approximate surface area is 114 Å². The first kappa shape index (κ1) is 14.3. The number of pyridine rings is 1. The monoisotopic (exact) mass is 284 g/mol. The van der Waals surface area contributed by atoms with E-state index in [1.807, 2.05) is 0 Å². The lowest BCUT2D eigenvalue weighted by atomic mass is 9.82. The van der Waals surface area contributed by atoms with Crippen LogP contribution in [0.15, 0.2) is 23.2 Å². The quantitative estimate of drug-likeness (QED) is 0.919. The van der Waals surface area contributed by atoms with Crippen LogP contribution in [0.2, 0.25) is 0 Å². The van der Waals surface area contributed by atoms with Gasteiger partial charge in [0.25, 0.3) is 0 Å². The van der Waals surface area contributed by atoms with Crippen molar-refractivity contribution in [2.75, 3.05) is 0 Å². The Morgan fingerprint density at radius 2 is 1.89 bits per heavy atom. The van der Waals surface area contributed by atoms with Crippen LogP contribution in [0, 0.1) is 11.8 Å². The van der Waals surface area contributed by atoms with Crippen molar-refractivity contribution < 1.29 is 13.2 Å². The molecule has 0 spiro atoms. The van der Waals surface area contributed by atoms with Crippen LogP contribution in [0.3, 0.4) is 0 Å². The van der Waals surface area contributed by atoms with Crippen LogP contribution >= 0.6 is 0 Å². The van der Waals surface area contributed by atoms with Crippen LogP contribution in [-0.4, -0.2) is 19.5 Å². The molecule has 106 valence electrons. The Hall–Kier alpha value is -1.14. The molecule has 0 amide bonds. The van der Waals surface area contributed by atoms with E-state index >= 15 is 0 Å². The molecule has 2 atom stereocenters. The third-order valence-electron chi connectivity index (χ3n) is 3.46. The van der Waals surface area contributed by atoms with E-state index in [-0.39, 0.29) is 16.9 Å². The summed E-state index contributed by atoms with van der Waals surface area (Å²) in [6, 6.07) is 2.96. The Kier molecular flexibility index (Phi) is 4.10. The number of ether oxygens (including phenoxy) is 1. The molecular formula is C13H20N2O3S. The van der Waals surface area contributed by atoms with Crippen molar-refractivity contribution >= 4 is 10.0 Å². The molecule has 1 saturated carbocycles. The SMILES string of the molecule is CC1CC(C)CC(Oc2ncccc2S(N)(=O)=O)C1. The van der Waals surface area contributed by atoms with Gasteiger partial charge in [0, 0.05) is 6.20 Å². The van der Waals surface area contributed by atoms with E-state index in [9.17, 15) is 8.42 Å². The third kappa shape index (κ3) is 3.67. The van der Waals surface area contributed by atoms with Crippen LogP contribution in [0.1, 0.15) is 33.1 Å². The molecule has 0 saturated heterocycles. The second-order valence-corrected chi connectivity index (χ2v) is 7.04. The molecule has 1 aromatic heterocycles. The standard InChI is InChI=1S/C13H20N2O3S/c1-9-6-10(2)8-11(7-9)18-13-12(19(14,16)17)4-3-5-15-13/h3-5,9-11H,6-8H2,1-2H3,(H2,14,16,17). The minimum absolute atomic E-state index is 0.00847. The highest BCUT2D eigenvalue weighted by atomic mass is 32.2. The van der Waals surface area contributed by atoms with Crippen LogP contribution < -0.4 is 9.88 Å². The number of hydrogen-bond acceptors (Lipinski definition) is 4. The smallest absolute Gasteiger partial charge is 0.243 e. The van der Waals surface area contributed by atoms with Gasteiger partial charge in [-0.1, -0.05) is 13.8 Å². The molecule has 1 aromatic rings. The van der Waals surface area contributed by atoms with Crippen molar-refractivity contribution in [1.82, 2.24) is 4.98 Å². The maximum absolute atomic E-state index is 11.5. The normalized spacial score (nSPS) is 28.1. The summed E-state index contributed by atoms with van der Waals surface area (Å²) in [4.78, 5) is 3.97. The fraction of sp³-hybridized carbons (Fsp3) is 0.615. The lowest BCUT2D eigenvalue weighted by Gasteiger charge is -2.31. The largest absolute Gasteiger partial charge is 0.473 e. The number of sulfonamides is 1. The van der Waals surface area contributed by atoms with Gasteiger partial charge in [0.2, 0.25) is 15.9 Å². The molecule has 0 radical (unpaired) electrons. The minimum atomic E-state index is -3.80. The maximum Gasteiger partial charge on any atom is 0.243 e. The molecule has 0 aliphatic heterocycles. The summed E-state index contributed by atoms with van der Waals surface area (Å²) in [7, 11) is -3.80. The van der Waals surface area contributed by atoms with Crippen molar-refractivity contribution in [3.05, 3.63) is 18.3 Å². The molecule has 1 aliphatic carbocycles. The highest BCUT2D eigenvalue weighted by molar-refractivity contribution is 7.89. The summed E-state index contributed by atoms with van der Waals surface area (Å²) in [6.45, 7) is 4.37. The zero-order valence-electron chi connectivity index (χ0n) is 11.2. The first-order valence-corrected chi connectivity index (χ1v) is 8.05. The van der Waals surface area contributed by atoms with Crippen molar-refractivity contribution in [3.8, 4) is 5.88 Å².